The van der Waals surface area contributed by atoms with Crippen LogP contribution in [0.25, 0.3) is 131 Å². The van der Waals surface area contributed by atoms with Gasteiger partial charge in [-0.25, -0.2) is 0 Å². The Morgan fingerprint density at radius 3 is 0.619 bits per heavy atom. The SMILES string of the molecule is Cc1cc2c(-c3ccc4ccccc4c3)cccc2[cH-]1.Cc1cc2c(-c3ccc4ccccc4c3)cccc2[cH-]1.Cc1cc2c(-c3ccc4ccccc4c3)cccc2[cH-]1.Cc1cc2c(-c3ccc4ccccc4c3)cccc2[cH-]1.[Cl-].[Cl-].[Zr+2].[Zr+2]. The summed E-state index contributed by atoms with van der Waals surface area (Å²) in [4.78, 5) is 0. The van der Waals surface area contributed by atoms with Crippen LogP contribution in [-0.4, -0.2) is 0 Å². The van der Waals surface area contributed by atoms with Gasteiger partial charge in [0, 0.05) is 0 Å². The van der Waals surface area contributed by atoms with Gasteiger partial charge in [-0.1, -0.05) is 220 Å². The Bertz CT molecular complexity index is 4290. The van der Waals surface area contributed by atoms with Gasteiger partial charge in [-0.15, -0.1) is 138 Å². The fourth-order valence-corrected chi connectivity index (χ4v) is 12.0. The predicted octanol–water partition coefficient (Wildman–Crippen LogP) is 16.8. The molecular formula is C80H60Cl2Zr2-2. The molecule has 0 nitrogen and oxygen atoms in total. The van der Waals surface area contributed by atoms with Gasteiger partial charge < -0.3 is 24.8 Å². The van der Waals surface area contributed by atoms with Crippen LogP contribution in [0, 0.1) is 27.7 Å². The number of rotatable bonds is 4. The van der Waals surface area contributed by atoms with Gasteiger partial charge in [0.1, 0.15) is 0 Å². The Morgan fingerprint density at radius 2 is 0.405 bits per heavy atom. The maximum Gasteiger partial charge on any atom is 2.00 e. The second kappa shape index (κ2) is 27.0. The van der Waals surface area contributed by atoms with Gasteiger partial charge in [0.15, 0.2) is 0 Å². The van der Waals surface area contributed by atoms with Gasteiger partial charge in [-0.2, -0.15) is 24.3 Å². The first-order valence-corrected chi connectivity index (χ1v) is 27.9. The Hall–Kier alpha value is -7.53. The zero-order valence-electron chi connectivity index (χ0n) is 47.5. The second-order valence-electron chi connectivity index (χ2n) is 21.6. The summed E-state index contributed by atoms with van der Waals surface area (Å²) in [5, 5.41) is 21.1. The molecule has 0 amide bonds. The van der Waals surface area contributed by atoms with Gasteiger partial charge in [-0.3, -0.25) is 0 Å². The van der Waals surface area contributed by atoms with Crippen molar-refractivity contribution in [2.24, 2.45) is 0 Å². The second-order valence-corrected chi connectivity index (χ2v) is 21.6. The molecule has 0 aromatic heterocycles. The van der Waals surface area contributed by atoms with E-state index in [2.05, 4.69) is 319 Å². The van der Waals surface area contributed by atoms with Crippen LogP contribution in [0.1, 0.15) is 22.3 Å². The van der Waals surface area contributed by atoms with Crippen molar-refractivity contribution in [3.05, 3.63) is 313 Å². The third-order valence-corrected chi connectivity index (χ3v) is 15.8. The molecule has 0 heterocycles. The van der Waals surface area contributed by atoms with E-state index in [-0.39, 0.29) is 77.2 Å². The van der Waals surface area contributed by atoms with Crippen LogP contribution in [0.5, 0.6) is 0 Å². The van der Waals surface area contributed by atoms with Crippen molar-refractivity contribution in [3.8, 4) is 44.5 Å². The molecule has 404 valence electrons. The average molecular weight is 1270 g/mol. The Labute approximate surface area is 544 Å². The standard InChI is InChI=1S/4C20H15.2ClH.2Zr/c4*1-14-11-17-7-4-8-19(20(17)12-14)18-10-9-15-5-2-3-6-16(15)13-18;;;;/h4*2-13H,1H3;2*1H;;/q4*-1;;;2*+2/p-2. The van der Waals surface area contributed by atoms with Gasteiger partial charge in [0.05, 0.1) is 0 Å². The van der Waals surface area contributed by atoms with Crippen molar-refractivity contribution in [1.82, 2.24) is 0 Å². The zero-order valence-corrected chi connectivity index (χ0v) is 53.9. The first kappa shape index (κ1) is 61.0. The Balaban J connectivity index is 0.000000132. The molecule has 16 aromatic rings. The molecule has 0 saturated carbocycles. The molecular weight excluding hydrogens is 1210 g/mol. The van der Waals surface area contributed by atoms with Crippen LogP contribution in [0.2, 0.25) is 0 Å². The summed E-state index contributed by atoms with van der Waals surface area (Å²) in [6.45, 7) is 8.63. The molecule has 0 spiro atoms. The molecule has 16 aromatic carbocycles. The molecule has 0 N–H and O–H groups in total. The summed E-state index contributed by atoms with van der Waals surface area (Å²) in [5.41, 5.74) is 15.8. The summed E-state index contributed by atoms with van der Waals surface area (Å²) < 4.78 is 0. The van der Waals surface area contributed by atoms with E-state index < -0.39 is 0 Å². The topological polar surface area (TPSA) is 0 Å². The zero-order chi connectivity index (χ0) is 54.1. The molecule has 0 aliphatic rings. The molecule has 84 heavy (non-hydrogen) atoms. The molecule has 0 unspecified atom stereocenters. The predicted molar refractivity (Wildman–Crippen MR) is 349 cm³/mol. The Morgan fingerprint density at radius 1 is 0.202 bits per heavy atom. The number of hydrogen-bond donors (Lipinski definition) is 0. The molecule has 16 rings (SSSR count). The molecule has 0 saturated heterocycles. The van der Waals surface area contributed by atoms with Crippen molar-refractivity contribution in [3.63, 3.8) is 0 Å². The molecule has 0 aliphatic heterocycles. The van der Waals surface area contributed by atoms with Crippen LogP contribution in [0.15, 0.2) is 291 Å². The third-order valence-electron chi connectivity index (χ3n) is 15.8. The van der Waals surface area contributed by atoms with E-state index in [1.54, 1.807) is 0 Å². The fraction of sp³-hybridized carbons (Fsp3) is 0.0500. The molecule has 0 aliphatic carbocycles. The van der Waals surface area contributed by atoms with Crippen LogP contribution < -0.4 is 24.8 Å². The summed E-state index contributed by atoms with van der Waals surface area (Å²) in [7, 11) is 0. The molecule has 0 bridgehead atoms. The number of aryl methyl sites for hydroxylation is 4. The van der Waals surface area contributed by atoms with Crippen molar-refractivity contribution >= 4 is 86.2 Å². The number of hydrogen-bond acceptors (Lipinski definition) is 0. The third kappa shape index (κ3) is 12.9. The van der Waals surface area contributed by atoms with E-state index in [1.807, 2.05) is 0 Å². The molecule has 0 fully saturated rings. The van der Waals surface area contributed by atoms with E-state index >= 15 is 0 Å². The van der Waals surface area contributed by atoms with E-state index in [9.17, 15) is 0 Å². The van der Waals surface area contributed by atoms with E-state index in [0.717, 1.165) is 0 Å². The van der Waals surface area contributed by atoms with Crippen molar-refractivity contribution in [2.75, 3.05) is 0 Å². The smallest absolute Gasteiger partial charge is 1.00 e. The monoisotopic (exact) mass is 1270 g/mol. The molecule has 0 radical (unpaired) electrons. The van der Waals surface area contributed by atoms with Gasteiger partial charge in [0.2, 0.25) is 0 Å². The molecule has 0 atom stereocenters. The van der Waals surface area contributed by atoms with Crippen LogP contribution in [0.3, 0.4) is 0 Å². The van der Waals surface area contributed by atoms with Crippen LogP contribution >= 0.6 is 0 Å². The summed E-state index contributed by atoms with van der Waals surface area (Å²) in [5.74, 6) is 0. The van der Waals surface area contributed by atoms with Crippen LogP contribution in [0.4, 0.5) is 0 Å². The maximum atomic E-state index is 2.28. The number of halogens is 2. The van der Waals surface area contributed by atoms with Crippen molar-refractivity contribution in [1.29, 1.82) is 0 Å². The van der Waals surface area contributed by atoms with Gasteiger partial charge in [-0.05, 0) is 89.6 Å². The number of fused-ring (bicyclic) bond motifs is 8. The van der Waals surface area contributed by atoms with Crippen LogP contribution in [-0.2, 0) is 52.4 Å². The van der Waals surface area contributed by atoms with E-state index in [0.29, 0.717) is 0 Å². The fourth-order valence-electron chi connectivity index (χ4n) is 12.0. The number of benzene rings is 12. The largest absolute Gasteiger partial charge is 2.00 e. The minimum Gasteiger partial charge on any atom is -1.00 e. The van der Waals surface area contributed by atoms with E-state index in [1.165, 1.54) is 153 Å². The van der Waals surface area contributed by atoms with Gasteiger partial charge in [0.25, 0.3) is 0 Å². The summed E-state index contributed by atoms with van der Waals surface area (Å²) in [6.07, 6.45) is 0. The van der Waals surface area contributed by atoms with Crippen molar-refractivity contribution < 1.29 is 77.2 Å². The van der Waals surface area contributed by atoms with Crippen molar-refractivity contribution in [2.45, 2.75) is 27.7 Å². The average Bonchev–Trinajstić information content (AvgIpc) is 4.34. The molecule has 4 heteroatoms. The normalized spacial score (nSPS) is 10.7. The quantitative estimate of drug-likeness (QED) is 0.154. The van der Waals surface area contributed by atoms with Gasteiger partial charge >= 0.3 is 52.4 Å². The maximum absolute atomic E-state index is 2.28. The van der Waals surface area contributed by atoms with E-state index in [4.69, 9.17) is 0 Å². The first-order valence-electron chi connectivity index (χ1n) is 27.9. The first-order chi connectivity index (χ1) is 39.2. The summed E-state index contributed by atoms with van der Waals surface area (Å²) in [6, 6.07) is 105. The minimum atomic E-state index is 0. The summed E-state index contributed by atoms with van der Waals surface area (Å²) >= 11 is 0. The Kier molecular flexibility index (Phi) is 19.6. The minimum absolute atomic E-state index is 0.